The zero-order chi connectivity index (χ0) is 15.8. The summed E-state index contributed by atoms with van der Waals surface area (Å²) in [5.41, 5.74) is 5.63. The number of hydrogen-bond acceptors (Lipinski definition) is 6. The van der Waals surface area contributed by atoms with Crippen LogP contribution in [-0.4, -0.2) is 62.9 Å². The minimum Gasteiger partial charge on any atom is -0.383 e. The van der Waals surface area contributed by atoms with Crippen LogP contribution in [-0.2, 0) is 20.0 Å². The molecule has 0 unspecified atom stereocenters. The predicted molar refractivity (Wildman–Crippen MR) is 81.5 cm³/mol. The van der Waals surface area contributed by atoms with Crippen LogP contribution in [0.2, 0.25) is 0 Å². The molecule has 118 valence electrons. The first kappa shape index (κ1) is 16.6. The van der Waals surface area contributed by atoms with Crippen LogP contribution in [0, 0.1) is 0 Å². The van der Waals surface area contributed by atoms with Crippen molar-refractivity contribution in [1.29, 1.82) is 0 Å². The fourth-order valence-corrected chi connectivity index (χ4v) is 4.84. The first-order valence-corrected chi connectivity index (χ1v) is 10.1. The molecule has 2 heterocycles. The number of hydrogen-bond donors (Lipinski definition) is 1. The Kier molecular flexibility index (Phi) is 4.59. The Morgan fingerprint density at radius 1 is 1.14 bits per heavy atom. The Bertz CT molecular complexity index is 742. The van der Waals surface area contributed by atoms with Crippen molar-refractivity contribution in [2.24, 2.45) is 0 Å². The van der Waals surface area contributed by atoms with E-state index in [0.29, 0.717) is 4.47 Å². The number of rotatable bonds is 3. The Balaban J connectivity index is 2.25. The maximum atomic E-state index is 12.5. The third-order valence-electron chi connectivity index (χ3n) is 3.13. The zero-order valence-corrected chi connectivity index (χ0v) is 14.4. The topological polar surface area (TPSA) is 114 Å². The molecule has 0 amide bonds. The number of halogens is 1. The van der Waals surface area contributed by atoms with E-state index in [2.05, 4.69) is 20.9 Å². The molecular formula is C10H15BrN4O4S2. The van der Waals surface area contributed by atoms with Crippen LogP contribution in [0.1, 0.15) is 0 Å². The van der Waals surface area contributed by atoms with Crippen molar-refractivity contribution in [3.05, 3.63) is 16.7 Å². The van der Waals surface area contributed by atoms with Gasteiger partial charge in [0.1, 0.15) is 10.7 Å². The van der Waals surface area contributed by atoms with E-state index >= 15 is 0 Å². The molecule has 1 fully saturated rings. The van der Waals surface area contributed by atoms with E-state index in [4.69, 9.17) is 5.73 Å². The number of piperazine rings is 1. The second-order valence-electron chi connectivity index (χ2n) is 4.60. The third kappa shape index (κ3) is 3.54. The van der Waals surface area contributed by atoms with Crippen molar-refractivity contribution in [3.63, 3.8) is 0 Å². The van der Waals surface area contributed by atoms with Gasteiger partial charge in [0, 0.05) is 36.8 Å². The number of sulfonamides is 2. The molecular weight excluding hydrogens is 384 g/mol. The molecule has 11 heteroatoms. The van der Waals surface area contributed by atoms with Gasteiger partial charge in [-0.1, -0.05) is 0 Å². The number of aromatic nitrogens is 1. The van der Waals surface area contributed by atoms with Gasteiger partial charge in [-0.2, -0.15) is 8.61 Å². The normalized spacial score (nSPS) is 18.8. The smallest absolute Gasteiger partial charge is 0.246 e. The van der Waals surface area contributed by atoms with E-state index in [1.165, 1.54) is 20.9 Å². The van der Waals surface area contributed by atoms with Crippen molar-refractivity contribution in [1.82, 2.24) is 13.6 Å². The van der Waals surface area contributed by atoms with Gasteiger partial charge in [-0.3, -0.25) is 0 Å². The van der Waals surface area contributed by atoms with Crippen LogP contribution < -0.4 is 5.73 Å². The molecule has 0 bridgehead atoms. The Labute approximate surface area is 132 Å². The highest BCUT2D eigenvalue weighted by atomic mass is 79.9. The lowest BCUT2D eigenvalue weighted by atomic mass is 10.4. The van der Waals surface area contributed by atoms with Gasteiger partial charge >= 0.3 is 0 Å². The summed E-state index contributed by atoms with van der Waals surface area (Å²) < 4.78 is 50.9. The molecule has 0 saturated carbocycles. The summed E-state index contributed by atoms with van der Waals surface area (Å²) in [5.74, 6) is -0.0799. The molecule has 0 radical (unpaired) electrons. The SMILES string of the molecule is CS(=O)(=O)N1CCN(S(=O)(=O)c2cc(Br)cnc2N)CC1. The molecule has 1 aromatic rings. The van der Waals surface area contributed by atoms with Gasteiger partial charge in [0.25, 0.3) is 0 Å². The highest BCUT2D eigenvalue weighted by Gasteiger charge is 2.32. The number of anilines is 1. The maximum absolute atomic E-state index is 12.5. The molecule has 1 aromatic heterocycles. The fourth-order valence-electron chi connectivity index (χ4n) is 2.02. The van der Waals surface area contributed by atoms with Gasteiger partial charge in [0.05, 0.1) is 6.26 Å². The summed E-state index contributed by atoms with van der Waals surface area (Å²) in [5, 5.41) is 0. The van der Waals surface area contributed by atoms with E-state index < -0.39 is 20.0 Å². The van der Waals surface area contributed by atoms with Gasteiger partial charge in [0.2, 0.25) is 20.0 Å². The van der Waals surface area contributed by atoms with Crippen LogP contribution in [0.25, 0.3) is 0 Å². The summed E-state index contributed by atoms with van der Waals surface area (Å²) in [6.07, 6.45) is 2.52. The molecule has 0 atom stereocenters. The van der Waals surface area contributed by atoms with E-state index in [1.54, 1.807) is 0 Å². The van der Waals surface area contributed by atoms with Crippen molar-refractivity contribution >= 4 is 41.8 Å². The van der Waals surface area contributed by atoms with Crippen molar-refractivity contribution < 1.29 is 16.8 Å². The summed E-state index contributed by atoms with van der Waals surface area (Å²) in [6.45, 7) is 0.418. The van der Waals surface area contributed by atoms with Gasteiger partial charge in [-0.25, -0.2) is 21.8 Å². The van der Waals surface area contributed by atoms with Gasteiger partial charge in [-0.05, 0) is 22.0 Å². The van der Waals surface area contributed by atoms with Crippen molar-refractivity contribution in [2.45, 2.75) is 4.90 Å². The third-order valence-corrected chi connectivity index (χ3v) is 6.80. The minimum absolute atomic E-state index is 0.0790. The average Bonchev–Trinajstić information content (AvgIpc) is 2.40. The first-order chi connectivity index (χ1) is 9.62. The molecule has 2 rings (SSSR count). The second kappa shape index (κ2) is 5.80. The molecule has 0 aliphatic carbocycles. The lowest BCUT2D eigenvalue weighted by Crippen LogP contribution is -2.50. The Morgan fingerprint density at radius 2 is 1.67 bits per heavy atom. The lowest BCUT2D eigenvalue weighted by Gasteiger charge is -2.32. The summed E-state index contributed by atoms with van der Waals surface area (Å²) in [6, 6.07) is 1.39. The number of nitrogens with two attached hydrogens (primary N) is 1. The number of pyridine rings is 1. The molecule has 21 heavy (non-hydrogen) atoms. The van der Waals surface area contributed by atoms with Gasteiger partial charge in [0.15, 0.2) is 0 Å². The van der Waals surface area contributed by atoms with Crippen molar-refractivity contribution in [2.75, 3.05) is 38.2 Å². The Morgan fingerprint density at radius 3 is 2.19 bits per heavy atom. The van der Waals surface area contributed by atoms with Crippen LogP contribution >= 0.6 is 15.9 Å². The highest BCUT2D eigenvalue weighted by molar-refractivity contribution is 9.10. The largest absolute Gasteiger partial charge is 0.383 e. The van der Waals surface area contributed by atoms with E-state index in [0.717, 1.165) is 6.26 Å². The molecule has 1 aliphatic rings. The monoisotopic (exact) mass is 398 g/mol. The molecule has 8 nitrogen and oxygen atoms in total. The van der Waals surface area contributed by atoms with E-state index in [1.807, 2.05) is 0 Å². The standard InChI is InChI=1S/C10H15BrN4O4S2/c1-20(16,17)14-2-4-15(5-3-14)21(18,19)9-6-8(11)7-13-10(9)12/h6-7H,2-5H2,1H3,(H2,12,13). The second-order valence-corrected chi connectivity index (χ2v) is 9.41. The lowest BCUT2D eigenvalue weighted by molar-refractivity contribution is 0.274. The van der Waals surface area contributed by atoms with E-state index in [9.17, 15) is 16.8 Å². The molecule has 1 saturated heterocycles. The van der Waals surface area contributed by atoms with E-state index in [-0.39, 0.29) is 36.9 Å². The van der Waals surface area contributed by atoms with Crippen LogP contribution in [0.5, 0.6) is 0 Å². The molecule has 0 spiro atoms. The fraction of sp³-hybridized carbons (Fsp3) is 0.500. The summed E-state index contributed by atoms with van der Waals surface area (Å²) in [7, 11) is -7.10. The molecule has 2 N–H and O–H groups in total. The highest BCUT2D eigenvalue weighted by Crippen LogP contribution is 2.25. The van der Waals surface area contributed by atoms with Crippen LogP contribution in [0.15, 0.2) is 21.6 Å². The molecule has 1 aliphatic heterocycles. The quantitative estimate of drug-likeness (QED) is 0.746. The Hall–Kier alpha value is -0.750. The minimum atomic E-state index is -3.79. The predicted octanol–water partition coefficient (Wildman–Crippen LogP) is -0.308. The number of nitrogens with zero attached hydrogens (tertiary/aromatic N) is 3. The van der Waals surface area contributed by atoms with Crippen molar-refractivity contribution in [3.8, 4) is 0 Å². The van der Waals surface area contributed by atoms with Crippen LogP contribution in [0.4, 0.5) is 5.82 Å². The van der Waals surface area contributed by atoms with Gasteiger partial charge < -0.3 is 5.73 Å². The van der Waals surface area contributed by atoms with Gasteiger partial charge in [-0.15, -0.1) is 0 Å². The maximum Gasteiger partial charge on any atom is 0.246 e. The van der Waals surface area contributed by atoms with Crippen LogP contribution in [0.3, 0.4) is 0 Å². The first-order valence-electron chi connectivity index (χ1n) is 5.98. The number of nitrogen functional groups attached to an aromatic ring is 1. The zero-order valence-electron chi connectivity index (χ0n) is 11.2. The summed E-state index contributed by atoms with van der Waals surface area (Å²) in [4.78, 5) is 3.73. The average molecular weight is 399 g/mol. The molecule has 0 aromatic carbocycles. The summed E-state index contributed by atoms with van der Waals surface area (Å²) >= 11 is 3.16.